The van der Waals surface area contributed by atoms with Crippen LogP contribution in [0.4, 0.5) is 0 Å². The number of fused-ring (bicyclic) bond motifs is 1. The summed E-state index contributed by atoms with van der Waals surface area (Å²) in [7, 11) is 1.54. The van der Waals surface area contributed by atoms with Crippen molar-refractivity contribution in [3.63, 3.8) is 0 Å². The van der Waals surface area contributed by atoms with Gasteiger partial charge in [0.15, 0.2) is 6.10 Å². The molecule has 1 aliphatic rings. The molecule has 0 saturated carbocycles. The standard InChI is InChI=1S/C14H18O4/c1-3-18-14(16)13(15)11-7-9-5-4-6-10(9)8-12(11)17-2/h7-8,13,15H,3-6H2,1-2H3. The number of benzene rings is 1. The molecule has 0 aliphatic heterocycles. The van der Waals surface area contributed by atoms with Gasteiger partial charge in [-0.2, -0.15) is 0 Å². The Labute approximate surface area is 107 Å². The first-order chi connectivity index (χ1) is 8.67. The van der Waals surface area contributed by atoms with E-state index in [2.05, 4.69) is 0 Å². The van der Waals surface area contributed by atoms with Gasteiger partial charge in [-0.05, 0) is 49.4 Å². The lowest BCUT2D eigenvalue weighted by atomic mass is 10.0. The molecule has 0 spiro atoms. The molecule has 0 amide bonds. The predicted octanol–water partition coefficient (Wildman–Crippen LogP) is 1.78. The Morgan fingerprint density at radius 2 is 2.06 bits per heavy atom. The van der Waals surface area contributed by atoms with Crippen LogP contribution in [0.2, 0.25) is 0 Å². The molecule has 0 saturated heterocycles. The van der Waals surface area contributed by atoms with Gasteiger partial charge in [-0.1, -0.05) is 0 Å². The number of aliphatic hydroxyl groups is 1. The second-order valence-electron chi connectivity index (χ2n) is 4.37. The second kappa shape index (κ2) is 5.40. The molecule has 1 unspecified atom stereocenters. The van der Waals surface area contributed by atoms with Gasteiger partial charge in [0.05, 0.1) is 13.7 Å². The molecule has 0 heterocycles. The van der Waals surface area contributed by atoms with Crippen LogP contribution in [-0.2, 0) is 22.4 Å². The summed E-state index contributed by atoms with van der Waals surface area (Å²) in [6, 6.07) is 3.78. The zero-order chi connectivity index (χ0) is 13.1. The highest BCUT2D eigenvalue weighted by Crippen LogP contribution is 2.33. The van der Waals surface area contributed by atoms with Gasteiger partial charge in [0.1, 0.15) is 5.75 Å². The summed E-state index contributed by atoms with van der Waals surface area (Å²) >= 11 is 0. The molecule has 0 aromatic heterocycles. The molecule has 2 rings (SSSR count). The Morgan fingerprint density at radius 3 is 2.67 bits per heavy atom. The summed E-state index contributed by atoms with van der Waals surface area (Å²) in [5.74, 6) is -0.0787. The molecule has 0 bridgehead atoms. The lowest BCUT2D eigenvalue weighted by Crippen LogP contribution is -2.16. The molecular formula is C14H18O4. The second-order valence-corrected chi connectivity index (χ2v) is 4.37. The van der Waals surface area contributed by atoms with Gasteiger partial charge < -0.3 is 14.6 Å². The maximum absolute atomic E-state index is 11.6. The van der Waals surface area contributed by atoms with Crippen molar-refractivity contribution in [2.45, 2.75) is 32.3 Å². The van der Waals surface area contributed by atoms with Crippen LogP contribution in [0, 0.1) is 0 Å². The third-order valence-electron chi connectivity index (χ3n) is 3.25. The van der Waals surface area contributed by atoms with E-state index >= 15 is 0 Å². The van der Waals surface area contributed by atoms with Crippen molar-refractivity contribution in [1.82, 2.24) is 0 Å². The minimum absolute atomic E-state index is 0.253. The molecule has 4 heteroatoms. The Morgan fingerprint density at radius 1 is 1.39 bits per heavy atom. The lowest BCUT2D eigenvalue weighted by molar-refractivity contribution is -0.153. The molecule has 4 nitrogen and oxygen atoms in total. The molecule has 1 aliphatic carbocycles. The van der Waals surface area contributed by atoms with Crippen LogP contribution < -0.4 is 4.74 Å². The number of methoxy groups -OCH3 is 1. The van der Waals surface area contributed by atoms with Gasteiger partial charge in [-0.15, -0.1) is 0 Å². The normalized spacial score (nSPS) is 15.1. The topological polar surface area (TPSA) is 55.8 Å². The van der Waals surface area contributed by atoms with Crippen LogP contribution in [0.3, 0.4) is 0 Å². The van der Waals surface area contributed by atoms with Crippen molar-refractivity contribution in [2.24, 2.45) is 0 Å². The van der Waals surface area contributed by atoms with Gasteiger partial charge in [-0.3, -0.25) is 0 Å². The first-order valence-corrected chi connectivity index (χ1v) is 6.21. The van der Waals surface area contributed by atoms with Crippen molar-refractivity contribution >= 4 is 5.97 Å². The number of ether oxygens (including phenoxy) is 2. The Bertz CT molecular complexity index is 453. The summed E-state index contributed by atoms with van der Waals surface area (Å²) in [4.78, 5) is 11.6. The maximum atomic E-state index is 11.6. The molecule has 18 heavy (non-hydrogen) atoms. The minimum Gasteiger partial charge on any atom is -0.496 e. The van der Waals surface area contributed by atoms with Gasteiger partial charge in [0.25, 0.3) is 0 Å². The molecule has 98 valence electrons. The number of esters is 1. The van der Waals surface area contributed by atoms with Gasteiger partial charge in [0.2, 0.25) is 0 Å². The molecular weight excluding hydrogens is 232 g/mol. The summed E-state index contributed by atoms with van der Waals surface area (Å²) in [6.45, 7) is 1.97. The van der Waals surface area contributed by atoms with E-state index in [0.29, 0.717) is 11.3 Å². The molecule has 1 atom stereocenters. The fourth-order valence-electron chi connectivity index (χ4n) is 2.36. The van der Waals surface area contributed by atoms with E-state index < -0.39 is 12.1 Å². The zero-order valence-electron chi connectivity index (χ0n) is 10.7. The van der Waals surface area contributed by atoms with Gasteiger partial charge in [-0.25, -0.2) is 4.79 Å². The summed E-state index contributed by atoms with van der Waals surface area (Å²) in [5, 5.41) is 10.0. The van der Waals surface area contributed by atoms with Crippen LogP contribution >= 0.6 is 0 Å². The fraction of sp³-hybridized carbons (Fsp3) is 0.500. The van der Waals surface area contributed by atoms with Crippen LogP contribution in [0.5, 0.6) is 5.75 Å². The number of rotatable bonds is 4. The first-order valence-electron chi connectivity index (χ1n) is 6.21. The highest BCUT2D eigenvalue weighted by molar-refractivity contribution is 5.77. The van der Waals surface area contributed by atoms with Crippen molar-refractivity contribution < 1.29 is 19.4 Å². The first kappa shape index (κ1) is 12.9. The molecule has 0 radical (unpaired) electrons. The van der Waals surface area contributed by atoms with E-state index in [1.165, 1.54) is 18.2 Å². The van der Waals surface area contributed by atoms with Crippen molar-refractivity contribution in [2.75, 3.05) is 13.7 Å². The SMILES string of the molecule is CCOC(=O)C(O)c1cc2c(cc1OC)CCC2. The predicted molar refractivity (Wildman–Crippen MR) is 66.6 cm³/mol. The van der Waals surface area contributed by atoms with Crippen LogP contribution in [-0.4, -0.2) is 24.8 Å². The van der Waals surface area contributed by atoms with E-state index in [4.69, 9.17) is 9.47 Å². The van der Waals surface area contributed by atoms with Crippen molar-refractivity contribution in [1.29, 1.82) is 0 Å². The van der Waals surface area contributed by atoms with Crippen molar-refractivity contribution in [3.05, 3.63) is 28.8 Å². The van der Waals surface area contributed by atoms with E-state index in [0.717, 1.165) is 19.3 Å². The number of carbonyl (C=O) groups excluding carboxylic acids is 1. The number of aliphatic hydroxyl groups excluding tert-OH is 1. The van der Waals surface area contributed by atoms with Gasteiger partial charge in [0, 0.05) is 5.56 Å². The number of hydrogen-bond donors (Lipinski definition) is 1. The lowest BCUT2D eigenvalue weighted by Gasteiger charge is -2.15. The molecule has 1 aromatic rings. The Hall–Kier alpha value is -1.55. The van der Waals surface area contributed by atoms with E-state index in [1.54, 1.807) is 6.92 Å². The maximum Gasteiger partial charge on any atom is 0.339 e. The average Bonchev–Trinajstić information content (AvgIpc) is 2.83. The van der Waals surface area contributed by atoms with Crippen LogP contribution in [0.1, 0.15) is 36.1 Å². The summed E-state index contributed by atoms with van der Waals surface area (Å²) < 4.78 is 10.1. The smallest absolute Gasteiger partial charge is 0.339 e. The van der Waals surface area contributed by atoms with Gasteiger partial charge >= 0.3 is 5.97 Å². The minimum atomic E-state index is -1.27. The van der Waals surface area contributed by atoms with Crippen LogP contribution in [0.15, 0.2) is 12.1 Å². The third kappa shape index (κ3) is 2.34. The third-order valence-corrected chi connectivity index (χ3v) is 3.25. The quantitative estimate of drug-likeness (QED) is 0.828. The van der Waals surface area contributed by atoms with Crippen LogP contribution in [0.25, 0.3) is 0 Å². The molecule has 1 N–H and O–H groups in total. The highest BCUT2D eigenvalue weighted by Gasteiger charge is 2.25. The Balaban J connectivity index is 2.34. The number of aryl methyl sites for hydroxylation is 2. The molecule has 0 fully saturated rings. The highest BCUT2D eigenvalue weighted by atomic mass is 16.5. The fourth-order valence-corrected chi connectivity index (χ4v) is 2.36. The van der Waals surface area contributed by atoms with E-state index in [9.17, 15) is 9.90 Å². The average molecular weight is 250 g/mol. The Kier molecular flexibility index (Phi) is 3.87. The molecule has 1 aromatic carbocycles. The summed E-state index contributed by atoms with van der Waals surface area (Å²) in [5.41, 5.74) is 2.93. The number of carbonyl (C=O) groups is 1. The monoisotopic (exact) mass is 250 g/mol. The van der Waals surface area contributed by atoms with E-state index in [1.807, 2.05) is 12.1 Å². The zero-order valence-corrected chi connectivity index (χ0v) is 10.7. The summed E-state index contributed by atoms with van der Waals surface area (Å²) in [6.07, 6.45) is 1.85. The largest absolute Gasteiger partial charge is 0.496 e. The van der Waals surface area contributed by atoms with E-state index in [-0.39, 0.29) is 6.61 Å². The number of hydrogen-bond acceptors (Lipinski definition) is 4. The van der Waals surface area contributed by atoms with Crippen molar-refractivity contribution in [3.8, 4) is 5.75 Å².